The first kappa shape index (κ1) is 12.2. The van der Waals surface area contributed by atoms with Gasteiger partial charge in [0.25, 0.3) is 0 Å². The molecule has 0 saturated carbocycles. The average Bonchev–Trinajstić information content (AvgIpc) is 2.46. The van der Waals surface area contributed by atoms with E-state index in [1.54, 1.807) is 11.8 Å². The molecule has 0 amide bonds. The van der Waals surface area contributed by atoms with Crippen molar-refractivity contribution in [2.24, 2.45) is 0 Å². The molecule has 1 aromatic carbocycles. The van der Waals surface area contributed by atoms with Crippen LogP contribution in [0.1, 0.15) is 11.3 Å². The third-order valence-corrected chi connectivity index (χ3v) is 3.94. The van der Waals surface area contributed by atoms with Gasteiger partial charge in [-0.3, -0.25) is 4.98 Å². The number of pyridine rings is 2. The second-order valence-electron chi connectivity index (χ2n) is 4.40. The highest BCUT2D eigenvalue weighted by Crippen LogP contribution is 2.25. The molecule has 0 atom stereocenters. The highest BCUT2D eigenvalue weighted by atomic mass is 32.2. The van der Waals surface area contributed by atoms with Crippen molar-refractivity contribution in [3.63, 3.8) is 0 Å². The van der Waals surface area contributed by atoms with Crippen molar-refractivity contribution < 1.29 is 0 Å². The number of aryl methyl sites for hydroxylation is 1. The van der Waals surface area contributed by atoms with Gasteiger partial charge in [-0.2, -0.15) is 0 Å². The minimum atomic E-state index is 0.853. The van der Waals surface area contributed by atoms with Gasteiger partial charge in [0.05, 0.1) is 16.2 Å². The smallest absolute Gasteiger partial charge is 0.0974 e. The Hall–Kier alpha value is -1.87. The molecule has 0 saturated heterocycles. The van der Waals surface area contributed by atoms with E-state index < -0.39 is 0 Å². The lowest BCUT2D eigenvalue weighted by Crippen LogP contribution is -1.89. The lowest BCUT2D eigenvalue weighted by molar-refractivity contribution is 1.14. The van der Waals surface area contributed by atoms with Crippen LogP contribution in [-0.4, -0.2) is 9.97 Å². The molecule has 0 aliphatic carbocycles. The van der Waals surface area contributed by atoms with Crippen molar-refractivity contribution in [2.45, 2.75) is 17.7 Å². The van der Waals surface area contributed by atoms with E-state index in [0.717, 1.165) is 22.0 Å². The van der Waals surface area contributed by atoms with Gasteiger partial charge in [0.1, 0.15) is 0 Å². The summed E-state index contributed by atoms with van der Waals surface area (Å²) in [5, 5.41) is 2.28. The van der Waals surface area contributed by atoms with Crippen molar-refractivity contribution in [1.82, 2.24) is 9.97 Å². The average molecular weight is 266 g/mol. The van der Waals surface area contributed by atoms with Gasteiger partial charge < -0.3 is 0 Å². The Labute approximate surface area is 116 Å². The summed E-state index contributed by atoms with van der Waals surface area (Å²) in [4.78, 5) is 9.02. The largest absolute Gasteiger partial charge is 0.260 e. The summed E-state index contributed by atoms with van der Waals surface area (Å²) >= 11 is 1.73. The fraction of sp³-hybridized carbons (Fsp3) is 0.125. The van der Waals surface area contributed by atoms with Crippen LogP contribution in [0.3, 0.4) is 0 Å². The molecule has 3 rings (SSSR count). The number of hydrogen-bond acceptors (Lipinski definition) is 3. The van der Waals surface area contributed by atoms with E-state index in [1.807, 2.05) is 30.5 Å². The standard InChI is InChI=1S/C16H14N2S/c1-12-10-16(18-15-8-3-2-7-14(12)15)19-11-13-6-4-5-9-17-13/h2-10H,11H2,1H3. The predicted octanol–water partition coefficient (Wildman–Crippen LogP) is 4.23. The fourth-order valence-electron chi connectivity index (χ4n) is 2.02. The molecule has 94 valence electrons. The van der Waals surface area contributed by atoms with Gasteiger partial charge in [-0.15, -0.1) is 11.8 Å². The number of thioether (sulfide) groups is 1. The Balaban J connectivity index is 1.85. The summed E-state index contributed by atoms with van der Waals surface area (Å²) in [6, 6.07) is 16.4. The van der Waals surface area contributed by atoms with E-state index in [-0.39, 0.29) is 0 Å². The van der Waals surface area contributed by atoms with E-state index in [0.29, 0.717) is 0 Å². The summed E-state index contributed by atoms with van der Waals surface area (Å²) in [6.45, 7) is 2.13. The summed E-state index contributed by atoms with van der Waals surface area (Å²) in [5.41, 5.74) is 3.42. The van der Waals surface area contributed by atoms with Crippen molar-refractivity contribution in [1.29, 1.82) is 0 Å². The molecule has 0 aliphatic rings. The molecule has 0 bridgehead atoms. The first-order valence-electron chi connectivity index (χ1n) is 6.22. The third kappa shape index (κ3) is 2.76. The first-order valence-corrected chi connectivity index (χ1v) is 7.20. The maximum absolute atomic E-state index is 4.69. The third-order valence-electron chi connectivity index (χ3n) is 2.99. The van der Waals surface area contributed by atoms with Crippen LogP contribution in [0.15, 0.2) is 59.8 Å². The molecule has 19 heavy (non-hydrogen) atoms. The van der Waals surface area contributed by atoms with Gasteiger partial charge in [0.2, 0.25) is 0 Å². The predicted molar refractivity (Wildman–Crippen MR) is 80.3 cm³/mol. The van der Waals surface area contributed by atoms with E-state index >= 15 is 0 Å². The van der Waals surface area contributed by atoms with E-state index in [4.69, 9.17) is 0 Å². The Bertz CT molecular complexity index is 695. The molecular formula is C16H14N2S. The SMILES string of the molecule is Cc1cc(SCc2ccccn2)nc2ccccc12. The molecule has 0 spiro atoms. The molecule has 3 aromatic rings. The van der Waals surface area contributed by atoms with Crippen molar-refractivity contribution in [2.75, 3.05) is 0 Å². The molecule has 0 fully saturated rings. The van der Waals surface area contributed by atoms with Crippen LogP contribution in [-0.2, 0) is 5.75 Å². The van der Waals surface area contributed by atoms with Crippen molar-refractivity contribution in [3.8, 4) is 0 Å². The molecule has 3 heteroatoms. The molecule has 0 unspecified atom stereocenters. The highest BCUT2D eigenvalue weighted by Gasteiger charge is 2.03. The number of hydrogen-bond donors (Lipinski definition) is 0. The minimum Gasteiger partial charge on any atom is -0.260 e. The summed E-state index contributed by atoms with van der Waals surface area (Å²) in [5.74, 6) is 0.853. The second-order valence-corrected chi connectivity index (χ2v) is 5.40. The minimum absolute atomic E-state index is 0.853. The number of fused-ring (bicyclic) bond motifs is 1. The second kappa shape index (κ2) is 5.41. The van der Waals surface area contributed by atoms with E-state index in [2.05, 4.69) is 41.2 Å². The molecule has 0 aliphatic heterocycles. The van der Waals surface area contributed by atoms with Gasteiger partial charge in [0.15, 0.2) is 0 Å². The zero-order chi connectivity index (χ0) is 13.1. The molecular weight excluding hydrogens is 252 g/mol. The van der Waals surface area contributed by atoms with Crippen LogP contribution in [0.2, 0.25) is 0 Å². The lowest BCUT2D eigenvalue weighted by atomic mass is 10.1. The Morgan fingerprint density at radius 2 is 1.89 bits per heavy atom. The maximum Gasteiger partial charge on any atom is 0.0974 e. The lowest BCUT2D eigenvalue weighted by Gasteiger charge is -2.05. The Kier molecular flexibility index (Phi) is 3.47. The van der Waals surface area contributed by atoms with Crippen LogP contribution in [0, 0.1) is 6.92 Å². The van der Waals surface area contributed by atoms with Crippen LogP contribution < -0.4 is 0 Å². The van der Waals surface area contributed by atoms with Gasteiger partial charge in [0, 0.05) is 17.3 Å². The monoisotopic (exact) mass is 266 g/mol. The number of para-hydroxylation sites is 1. The summed E-state index contributed by atoms with van der Waals surface area (Å²) in [7, 11) is 0. The number of benzene rings is 1. The Morgan fingerprint density at radius 3 is 2.74 bits per heavy atom. The maximum atomic E-state index is 4.69. The van der Waals surface area contributed by atoms with E-state index in [9.17, 15) is 0 Å². The molecule has 0 N–H and O–H groups in total. The molecule has 2 nitrogen and oxygen atoms in total. The molecule has 2 heterocycles. The van der Waals surface area contributed by atoms with Crippen molar-refractivity contribution in [3.05, 3.63) is 66.0 Å². The van der Waals surface area contributed by atoms with Crippen molar-refractivity contribution >= 4 is 22.7 Å². The molecule has 0 radical (unpaired) electrons. The van der Waals surface area contributed by atoms with Gasteiger partial charge in [-0.25, -0.2) is 4.98 Å². The highest BCUT2D eigenvalue weighted by molar-refractivity contribution is 7.98. The fourth-order valence-corrected chi connectivity index (χ4v) is 2.91. The zero-order valence-corrected chi connectivity index (χ0v) is 11.5. The first-order chi connectivity index (χ1) is 9.33. The van der Waals surface area contributed by atoms with E-state index in [1.165, 1.54) is 10.9 Å². The topological polar surface area (TPSA) is 25.8 Å². The number of rotatable bonds is 3. The summed E-state index contributed by atoms with van der Waals surface area (Å²) in [6.07, 6.45) is 1.83. The van der Waals surface area contributed by atoms with Crippen LogP contribution in [0.25, 0.3) is 10.9 Å². The summed E-state index contributed by atoms with van der Waals surface area (Å²) < 4.78 is 0. The quantitative estimate of drug-likeness (QED) is 0.663. The van der Waals surface area contributed by atoms with Crippen LogP contribution in [0.5, 0.6) is 0 Å². The number of aromatic nitrogens is 2. The zero-order valence-electron chi connectivity index (χ0n) is 10.7. The van der Waals surface area contributed by atoms with Gasteiger partial charge in [-0.05, 0) is 36.8 Å². The Morgan fingerprint density at radius 1 is 1.05 bits per heavy atom. The normalized spacial score (nSPS) is 10.8. The van der Waals surface area contributed by atoms with Crippen LogP contribution >= 0.6 is 11.8 Å². The number of nitrogens with zero attached hydrogens (tertiary/aromatic N) is 2. The van der Waals surface area contributed by atoms with Crippen LogP contribution in [0.4, 0.5) is 0 Å². The molecule has 2 aromatic heterocycles. The van der Waals surface area contributed by atoms with Gasteiger partial charge in [-0.1, -0.05) is 24.3 Å². The van der Waals surface area contributed by atoms with Gasteiger partial charge >= 0.3 is 0 Å².